The van der Waals surface area contributed by atoms with E-state index in [2.05, 4.69) is 5.32 Å². The van der Waals surface area contributed by atoms with Gasteiger partial charge in [0.1, 0.15) is 17.2 Å². The molecule has 0 aliphatic heterocycles. The van der Waals surface area contributed by atoms with Gasteiger partial charge in [-0.3, -0.25) is 4.79 Å². The zero-order valence-corrected chi connectivity index (χ0v) is 13.9. The fourth-order valence-electron chi connectivity index (χ4n) is 2.45. The molecule has 1 N–H and O–H groups in total. The maximum atomic E-state index is 12.4. The summed E-state index contributed by atoms with van der Waals surface area (Å²) in [6.07, 6.45) is 0. The first-order valence-corrected chi connectivity index (χ1v) is 7.99. The number of ether oxygens (including phenoxy) is 2. The van der Waals surface area contributed by atoms with Gasteiger partial charge in [-0.05, 0) is 36.4 Å². The predicted molar refractivity (Wildman–Crippen MR) is 97.1 cm³/mol. The van der Waals surface area contributed by atoms with Crippen LogP contribution in [0.2, 0.25) is 0 Å². The molecule has 0 spiro atoms. The molecule has 0 unspecified atom stereocenters. The predicted octanol–water partition coefficient (Wildman–Crippen LogP) is 4.42. The molecule has 126 valence electrons. The van der Waals surface area contributed by atoms with Crippen LogP contribution in [0.25, 0.3) is 0 Å². The second kappa shape index (κ2) is 8.02. The fraction of sp³-hybridized carbons (Fsp3) is 0.0952. The fourth-order valence-corrected chi connectivity index (χ4v) is 2.45. The number of methoxy groups -OCH3 is 1. The summed E-state index contributed by atoms with van der Waals surface area (Å²) < 4.78 is 11.1. The second-order valence-electron chi connectivity index (χ2n) is 5.44. The molecule has 0 saturated carbocycles. The first kappa shape index (κ1) is 16.6. The molecule has 0 aromatic heterocycles. The van der Waals surface area contributed by atoms with E-state index in [-0.39, 0.29) is 5.91 Å². The Kier molecular flexibility index (Phi) is 5.32. The first-order valence-electron chi connectivity index (χ1n) is 7.99. The van der Waals surface area contributed by atoms with Gasteiger partial charge in [0, 0.05) is 17.7 Å². The van der Waals surface area contributed by atoms with Crippen molar-refractivity contribution in [3.8, 4) is 17.2 Å². The minimum atomic E-state index is -0.163. The van der Waals surface area contributed by atoms with Crippen molar-refractivity contribution >= 4 is 5.91 Å². The van der Waals surface area contributed by atoms with E-state index in [1.165, 1.54) is 0 Å². The van der Waals surface area contributed by atoms with Crippen LogP contribution in [0.15, 0.2) is 78.9 Å². The highest BCUT2D eigenvalue weighted by Gasteiger charge is 2.09. The number of carbonyl (C=O) groups excluding carboxylic acids is 1. The van der Waals surface area contributed by atoms with E-state index in [4.69, 9.17) is 9.47 Å². The lowest BCUT2D eigenvalue weighted by Crippen LogP contribution is -2.23. The zero-order valence-electron chi connectivity index (χ0n) is 13.9. The minimum absolute atomic E-state index is 0.163. The van der Waals surface area contributed by atoms with E-state index in [1.807, 2.05) is 60.7 Å². The van der Waals surface area contributed by atoms with E-state index in [1.54, 1.807) is 25.3 Å². The van der Waals surface area contributed by atoms with Crippen molar-refractivity contribution < 1.29 is 14.3 Å². The summed E-state index contributed by atoms with van der Waals surface area (Å²) in [7, 11) is 1.62. The summed E-state index contributed by atoms with van der Waals surface area (Å²) in [4.78, 5) is 12.4. The standard InChI is InChI=1S/C21H19NO3/c1-24-20-13-6-5-8-17(20)15-22-21(23)16-9-7-12-19(14-16)25-18-10-3-2-4-11-18/h2-14H,15H2,1H3,(H,22,23). The van der Waals surface area contributed by atoms with Gasteiger partial charge in [-0.1, -0.05) is 42.5 Å². The molecular weight excluding hydrogens is 314 g/mol. The highest BCUT2D eigenvalue weighted by molar-refractivity contribution is 5.94. The molecule has 0 atom stereocenters. The van der Waals surface area contributed by atoms with Crippen molar-refractivity contribution in [1.82, 2.24) is 5.32 Å². The van der Waals surface area contributed by atoms with E-state index >= 15 is 0 Å². The molecule has 0 saturated heterocycles. The van der Waals surface area contributed by atoms with E-state index in [0.29, 0.717) is 17.9 Å². The number of rotatable bonds is 6. The first-order chi connectivity index (χ1) is 12.3. The molecular formula is C21H19NO3. The highest BCUT2D eigenvalue weighted by Crippen LogP contribution is 2.22. The summed E-state index contributed by atoms with van der Waals surface area (Å²) in [5.41, 5.74) is 1.47. The third kappa shape index (κ3) is 4.38. The Hall–Kier alpha value is -3.27. The van der Waals surface area contributed by atoms with E-state index < -0.39 is 0 Å². The van der Waals surface area contributed by atoms with Crippen LogP contribution in [-0.4, -0.2) is 13.0 Å². The molecule has 3 aromatic carbocycles. The molecule has 3 aromatic rings. The van der Waals surface area contributed by atoms with Gasteiger partial charge in [-0.15, -0.1) is 0 Å². The summed E-state index contributed by atoms with van der Waals surface area (Å²) in [6.45, 7) is 0.395. The van der Waals surface area contributed by atoms with Crippen molar-refractivity contribution in [3.05, 3.63) is 90.0 Å². The van der Waals surface area contributed by atoms with Crippen LogP contribution in [0, 0.1) is 0 Å². The summed E-state index contributed by atoms with van der Waals surface area (Å²) in [5, 5.41) is 2.91. The van der Waals surface area contributed by atoms with E-state index in [9.17, 15) is 4.79 Å². The molecule has 4 heteroatoms. The lowest BCUT2D eigenvalue weighted by Gasteiger charge is -2.10. The number of amides is 1. The van der Waals surface area contributed by atoms with Crippen molar-refractivity contribution in [2.24, 2.45) is 0 Å². The molecule has 0 aliphatic rings. The maximum absolute atomic E-state index is 12.4. The molecule has 0 aliphatic carbocycles. The Morgan fingerprint density at radius 1 is 0.880 bits per heavy atom. The molecule has 4 nitrogen and oxygen atoms in total. The van der Waals surface area contributed by atoms with Gasteiger partial charge < -0.3 is 14.8 Å². The molecule has 3 rings (SSSR count). The average molecular weight is 333 g/mol. The minimum Gasteiger partial charge on any atom is -0.496 e. The Bertz CT molecular complexity index is 847. The van der Waals surface area contributed by atoms with Crippen LogP contribution >= 0.6 is 0 Å². The van der Waals surface area contributed by atoms with Crippen molar-refractivity contribution in [2.75, 3.05) is 7.11 Å². The van der Waals surface area contributed by atoms with Gasteiger partial charge in [-0.2, -0.15) is 0 Å². The van der Waals surface area contributed by atoms with Crippen molar-refractivity contribution in [3.63, 3.8) is 0 Å². The van der Waals surface area contributed by atoms with Gasteiger partial charge in [0.25, 0.3) is 5.91 Å². The number of nitrogens with one attached hydrogen (secondary N) is 1. The zero-order chi connectivity index (χ0) is 17.5. The molecule has 0 bridgehead atoms. The normalized spacial score (nSPS) is 10.1. The van der Waals surface area contributed by atoms with E-state index in [0.717, 1.165) is 17.1 Å². The lowest BCUT2D eigenvalue weighted by atomic mass is 10.1. The second-order valence-corrected chi connectivity index (χ2v) is 5.44. The molecule has 0 heterocycles. The van der Waals surface area contributed by atoms with Crippen LogP contribution in [-0.2, 0) is 6.54 Å². The van der Waals surface area contributed by atoms with Crippen LogP contribution in [0.4, 0.5) is 0 Å². The SMILES string of the molecule is COc1ccccc1CNC(=O)c1cccc(Oc2ccccc2)c1. The maximum Gasteiger partial charge on any atom is 0.251 e. The van der Waals surface area contributed by atoms with Gasteiger partial charge in [0.15, 0.2) is 0 Å². The average Bonchev–Trinajstić information content (AvgIpc) is 2.67. The molecule has 0 radical (unpaired) electrons. The van der Waals surface area contributed by atoms with Crippen LogP contribution in [0.5, 0.6) is 17.2 Å². The number of para-hydroxylation sites is 2. The quantitative estimate of drug-likeness (QED) is 0.726. The smallest absolute Gasteiger partial charge is 0.251 e. The highest BCUT2D eigenvalue weighted by atomic mass is 16.5. The largest absolute Gasteiger partial charge is 0.496 e. The van der Waals surface area contributed by atoms with Crippen LogP contribution < -0.4 is 14.8 Å². The Morgan fingerprint density at radius 2 is 1.60 bits per heavy atom. The Labute approximate surface area is 147 Å². The third-order valence-electron chi connectivity index (χ3n) is 3.71. The van der Waals surface area contributed by atoms with Crippen LogP contribution in [0.3, 0.4) is 0 Å². The number of carbonyl (C=O) groups is 1. The number of benzene rings is 3. The van der Waals surface area contributed by atoms with Crippen molar-refractivity contribution in [1.29, 1.82) is 0 Å². The van der Waals surface area contributed by atoms with Crippen LogP contribution in [0.1, 0.15) is 15.9 Å². The van der Waals surface area contributed by atoms with Gasteiger partial charge in [0.05, 0.1) is 7.11 Å². The number of hydrogen-bond acceptors (Lipinski definition) is 3. The van der Waals surface area contributed by atoms with Crippen molar-refractivity contribution in [2.45, 2.75) is 6.54 Å². The molecule has 25 heavy (non-hydrogen) atoms. The third-order valence-corrected chi connectivity index (χ3v) is 3.71. The topological polar surface area (TPSA) is 47.6 Å². The van der Waals surface area contributed by atoms with Gasteiger partial charge in [0.2, 0.25) is 0 Å². The lowest BCUT2D eigenvalue weighted by molar-refractivity contribution is 0.0950. The summed E-state index contributed by atoms with van der Waals surface area (Å²) in [6, 6.07) is 24.2. The van der Waals surface area contributed by atoms with Gasteiger partial charge >= 0.3 is 0 Å². The molecule has 1 amide bonds. The summed E-state index contributed by atoms with van der Waals surface area (Å²) >= 11 is 0. The Balaban J connectivity index is 1.67. The number of hydrogen-bond donors (Lipinski definition) is 1. The van der Waals surface area contributed by atoms with Gasteiger partial charge in [-0.25, -0.2) is 0 Å². The Morgan fingerprint density at radius 3 is 2.40 bits per heavy atom. The molecule has 0 fully saturated rings. The monoisotopic (exact) mass is 333 g/mol. The summed E-state index contributed by atoms with van der Waals surface area (Å²) in [5.74, 6) is 1.94.